The Balaban J connectivity index is 1.58. The molecule has 1 fully saturated rings. The van der Waals surface area contributed by atoms with Gasteiger partial charge in [-0.05, 0) is 42.3 Å². The highest BCUT2D eigenvalue weighted by atomic mass is 32.2. The van der Waals surface area contributed by atoms with Gasteiger partial charge in [0.1, 0.15) is 6.04 Å². The average molecular weight is 418 g/mol. The molecule has 2 aromatic carbocycles. The van der Waals surface area contributed by atoms with E-state index >= 15 is 0 Å². The van der Waals surface area contributed by atoms with E-state index in [1.807, 2.05) is 6.07 Å². The van der Waals surface area contributed by atoms with Gasteiger partial charge in [0.2, 0.25) is 21.8 Å². The van der Waals surface area contributed by atoms with E-state index in [1.165, 1.54) is 22.1 Å². The molecule has 0 aliphatic carbocycles. The fourth-order valence-electron chi connectivity index (χ4n) is 3.27. The number of carbonyl (C=O) groups excluding carboxylic acids is 2. The van der Waals surface area contributed by atoms with Crippen LogP contribution in [0.2, 0.25) is 0 Å². The summed E-state index contributed by atoms with van der Waals surface area (Å²) in [7, 11) is -3.83. The van der Waals surface area contributed by atoms with Gasteiger partial charge in [-0.2, -0.15) is 4.31 Å². The first-order valence-corrected chi connectivity index (χ1v) is 11.4. The van der Waals surface area contributed by atoms with Crippen molar-refractivity contribution in [3.05, 3.63) is 54.1 Å². The number of anilines is 2. The second-order valence-electron chi connectivity index (χ2n) is 6.63. The lowest BCUT2D eigenvalue weighted by molar-refractivity contribution is -0.119. The van der Waals surface area contributed by atoms with Crippen LogP contribution in [0.25, 0.3) is 0 Å². The van der Waals surface area contributed by atoms with Crippen molar-refractivity contribution < 1.29 is 18.0 Å². The van der Waals surface area contributed by atoms with Crippen molar-refractivity contribution >= 4 is 45.0 Å². The second kappa shape index (κ2) is 7.57. The highest BCUT2D eigenvalue weighted by molar-refractivity contribution is 8.00. The summed E-state index contributed by atoms with van der Waals surface area (Å²) in [5.74, 6) is 0.212. The molecule has 7 nitrogen and oxygen atoms in total. The third kappa shape index (κ3) is 3.65. The number of amides is 2. The Morgan fingerprint density at radius 3 is 2.71 bits per heavy atom. The van der Waals surface area contributed by atoms with Crippen molar-refractivity contribution in [2.45, 2.75) is 23.8 Å². The molecule has 9 heteroatoms. The maximum absolute atomic E-state index is 13.2. The van der Waals surface area contributed by atoms with Crippen molar-refractivity contribution in [3.63, 3.8) is 0 Å². The molecule has 0 unspecified atom stereocenters. The summed E-state index contributed by atoms with van der Waals surface area (Å²) in [5, 5.41) is 5.53. The number of nitrogens with zero attached hydrogens (tertiary/aromatic N) is 1. The molecule has 2 aliphatic rings. The lowest BCUT2D eigenvalue weighted by atomic mass is 10.0. The minimum Gasteiger partial charge on any atom is -0.326 e. The number of para-hydroxylation sites is 1. The molecule has 2 heterocycles. The molecular formula is C19H19N3O4S2. The molecule has 1 atom stereocenters. The van der Waals surface area contributed by atoms with Crippen LogP contribution in [0.5, 0.6) is 0 Å². The number of carbonyl (C=O) groups is 2. The SMILES string of the molecule is O=C1CCc2cc(S(=O)(=O)N3CSC[C@@H]3C(=O)Nc3ccccc3)ccc2N1. The molecule has 2 aromatic rings. The number of hydrogen-bond donors (Lipinski definition) is 2. The van der Waals surface area contributed by atoms with Gasteiger partial charge in [0, 0.05) is 23.5 Å². The molecule has 2 amide bonds. The van der Waals surface area contributed by atoms with Gasteiger partial charge in [-0.3, -0.25) is 9.59 Å². The van der Waals surface area contributed by atoms with E-state index in [4.69, 9.17) is 0 Å². The fourth-order valence-corrected chi connectivity index (χ4v) is 6.47. The molecule has 2 N–H and O–H groups in total. The zero-order valence-corrected chi connectivity index (χ0v) is 16.6. The van der Waals surface area contributed by atoms with Crippen LogP contribution < -0.4 is 10.6 Å². The van der Waals surface area contributed by atoms with Crippen LogP contribution in [0, 0.1) is 0 Å². The Kier molecular flexibility index (Phi) is 5.13. The Morgan fingerprint density at radius 1 is 1.14 bits per heavy atom. The van der Waals surface area contributed by atoms with Gasteiger partial charge in [-0.25, -0.2) is 8.42 Å². The van der Waals surface area contributed by atoms with Gasteiger partial charge in [-0.15, -0.1) is 11.8 Å². The number of fused-ring (bicyclic) bond motifs is 1. The first-order valence-electron chi connectivity index (χ1n) is 8.83. The van der Waals surface area contributed by atoms with Gasteiger partial charge in [-0.1, -0.05) is 18.2 Å². The number of aryl methyl sites for hydroxylation is 1. The lowest BCUT2D eigenvalue weighted by Crippen LogP contribution is -2.44. The molecule has 146 valence electrons. The van der Waals surface area contributed by atoms with E-state index in [9.17, 15) is 18.0 Å². The fraction of sp³-hybridized carbons (Fsp3) is 0.263. The first-order chi connectivity index (χ1) is 13.4. The highest BCUT2D eigenvalue weighted by Gasteiger charge is 2.40. The van der Waals surface area contributed by atoms with E-state index in [1.54, 1.807) is 36.4 Å². The van der Waals surface area contributed by atoms with Crippen LogP contribution >= 0.6 is 11.8 Å². The third-order valence-corrected chi connectivity index (χ3v) is 7.79. The van der Waals surface area contributed by atoms with E-state index in [0.29, 0.717) is 30.0 Å². The van der Waals surface area contributed by atoms with E-state index in [-0.39, 0.29) is 22.6 Å². The quantitative estimate of drug-likeness (QED) is 0.796. The first kappa shape index (κ1) is 19.0. The second-order valence-corrected chi connectivity index (χ2v) is 9.52. The lowest BCUT2D eigenvalue weighted by Gasteiger charge is -2.24. The highest BCUT2D eigenvalue weighted by Crippen LogP contribution is 2.32. The van der Waals surface area contributed by atoms with Crippen LogP contribution in [0.4, 0.5) is 11.4 Å². The third-order valence-electron chi connectivity index (χ3n) is 4.76. The van der Waals surface area contributed by atoms with Crippen LogP contribution in [-0.2, 0) is 26.0 Å². The number of hydrogen-bond acceptors (Lipinski definition) is 5. The standard InChI is InChI=1S/C19H19N3O4S2/c23-18-9-6-13-10-15(7-8-16(13)21-18)28(25,26)22-12-27-11-17(22)19(24)20-14-4-2-1-3-5-14/h1-5,7-8,10,17H,6,9,11-12H2,(H,20,24)(H,21,23)/t17-/m1/s1. The largest absolute Gasteiger partial charge is 0.326 e. The van der Waals surface area contributed by atoms with Gasteiger partial charge in [0.05, 0.1) is 10.8 Å². The minimum absolute atomic E-state index is 0.0725. The molecular weight excluding hydrogens is 398 g/mol. The topological polar surface area (TPSA) is 95.6 Å². The Morgan fingerprint density at radius 2 is 1.93 bits per heavy atom. The molecule has 0 spiro atoms. The molecule has 2 aliphatic heterocycles. The molecule has 0 aromatic heterocycles. The summed E-state index contributed by atoms with van der Waals surface area (Å²) in [5.41, 5.74) is 2.06. The Hall–Kier alpha value is -2.36. The van der Waals surface area contributed by atoms with Crippen LogP contribution in [0.15, 0.2) is 53.4 Å². The smallest absolute Gasteiger partial charge is 0.244 e. The summed E-state index contributed by atoms with van der Waals surface area (Å²) in [6.07, 6.45) is 0.829. The molecule has 1 saturated heterocycles. The monoisotopic (exact) mass is 417 g/mol. The van der Waals surface area contributed by atoms with Crippen LogP contribution in [-0.4, -0.2) is 42.2 Å². The summed E-state index contributed by atoms with van der Waals surface area (Å²) < 4.78 is 27.6. The number of sulfonamides is 1. The normalized spacial score (nSPS) is 19.7. The number of benzene rings is 2. The van der Waals surface area contributed by atoms with Gasteiger partial charge >= 0.3 is 0 Å². The van der Waals surface area contributed by atoms with Crippen LogP contribution in [0.3, 0.4) is 0 Å². The Bertz CT molecular complexity index is 1020. The number of thioether (sulfide) groups is 1. The van der Waals surface area contributed by atoms with Gasteiger partial charge in [0.15, 0.2) is 0 Å². The zero-order valence-electron chi connectivity index (χ0n) is 14.9. The summed E-state index contributed by atoms with van der Waals surface area (Å²) in [4.78, 5) is 24.3. The van der Waals surface area contributed by atoms with Crippen molar-refractivity contribution in [1.29, 1.82) is 0 Å². The van der Waals surface area contributed by atoms with E-state index in [0.717, 1.165) is 5.56 Å². The van der Waals surface area contributed by atoms with Gasteiger partial charge in [0.25, 0.3) is 0 Å². The van der Waals surface area contributed by atoms with Crippen molar-refractivity contribution in [2.24, 2.45) is 0 Å². The molecule has 28 heavy (non-hydrogen) atoms. The average Bonchev–Trinajstić information content (AvgIpc) is 3.19. The predicted molar refractivity (Wildman–Crippen MR) is 109 cm³/mol. The van der Waals surface area contributed by atoms with E-state index in [2.05, 4.69) is 10.6 Å². The summed E-state index contributed by atoms with van der Waals surface area (Å²) >= 11 is 1.41. The molecule has 0 bridgehead atoms. The summed E-state index contributed by atoms with van der Waals surface area (Å²) in [6.45, 7) is 0. The molecule has 0 radical (unpaired) electrons. The van der Waals surface area contributed by atoms with Crippen molar-refractivity contribution in [3.8, 4) is 0 Å². The molecule has 0 saturated carbocycles. The van der Waals surface area contributed by atoms with E-state index < -0.39 is 16.1 Å². The van der Waals surface area contributed by atoms with Crippen molar-refractivity contribution in [2.75, 3.05) is 22.3 Å². The Labute approximate surface area is 167 Å². The number of nitrogens with one attached hydrogen (secondary N) is 2. The van der Waals surface area contributed by atoms with Gasteiger partial charge < -0.3 is 10.6 Å². The van der Waals surface area contributed by atoms with Crippen molar-refractivity contribution in [1.82, 2.24) is 4.31 Å². The number of rotatable bonds is 4. The maximum Gasteiger partial charge on any atom is 0.244 e. The van der Waals surface area contributed by atoms with Crippen LogP contribution in [0.1, 0.15) is 12.0 Å². The summed E-state index contributed by atoms with van der Waals surface area (Å²) in [6, 6.07) is 12.9. The minimum atomic E-state index is -3.83. The zero-order chi connectivity index (χ0) is 19.7. The maximum atomic E-state index is 13.2. The predicted octanol–water partition coefficient (Wildman–Crippen LogP) is 2.27. The molecule has 4 rings (SSSR count).